The molecule has 0 bridgehead atoms. The molecule has 0 aliphatic rings. The third-order valence-corrected chi connectivity index (χ3v) is 3.87. The van der Waals surface area contributed by atoms with Crippen LogP contribution in [0.4, 0.5) is 4.39 Å². The maximum atomic E-state index is 13.3. The van der Waals surface area contributed by atoms with Crippen molar-refractivity contribution in [2.45, 2.75) is 34.1 Å². The number of carbonyl (C=O) groups excluding carboxylic acids is 1. The number of benzene rings is 1. The minimum absolute atomic E-state index is 0.0138. The molecule has 1 rings (SSSR count). The average Bonchev–Trinajstić information content (AvgIpc) is 2.50. The van der Waals surface area contributed by atoms with Crippen LogP contribution in [0.25, 0.3) is 0 Å². The number of aryl methyl sites for hydroxylation is 1. The molecule has 0 aliphatic carbocycles. The standard InChI is InChI=1S/C17H27FN2O/c1-5-19(6-2)11-8-12-20(7-3)17(21)15-9-10-16(18)14(4)13-15/h9-10,13H,5-8,11-12H2,1-4H3. The largest absolute Gasteiger partial charge is 0.339 e. The van der Waals surface area contributed by atoms with E-state index in [0.717, 1.165) is 32.6 Å². The van der Waals surface area contributed by atoms with Gasteiger partial charge in [0.05, 0.1) is 0 Å². The van der Waals surface area contributed by atoms with E-state index in [1.807, 2.05) is 11.8 Å². The van der Waals surface area contributed by atoms with E-state index in [1.165, 1.54) is 6.07 Å². The van der Waals surface area contributed by atoms with Crippen LogP contribution in [0.2, 0.25) is 0 Å². The summed E-state index contributed by atoms with van der Waals surface area (Å²) in [5, 5.41) is 0. The van der Waals surface area contributed by atoms with Gasteiger partial charge < -0.3 is 9.80 Å². The second kappa shape index (κ2) is 8.78. The number of carbonyl (C=O) groups is 1. The lowest BCUT2D eigenvalue weighted by molar-refractivity contribution is 0.0757. The molecule has 0 heterocycles. The van der Waals surface area contributed by atoms with Crippen molar-refractivity contribution in [2.24, 2.45) is 0 Å². The van der Waals surface area contributed by atoms with Crippen LogP contribution in [0.1, 0.15) is 43.1 Å². The average molecular weight is 294 g/mol. The van der Waals surface area contributed by atoms with Gasteiger partial charge in [0.1, 0.15) is 5.82 Å². The minimum atomic E-state index is -0.267. The summed E-state index contributed by atoms with van der Waals surface area (Å²) in [6, 6.07) is 4.56. The zero-order valence-corrected chi connectivity index (χ0v) is 13.7. The third-order valence-electron chi connectivity index (χ3n) is 3.87. The van der Waals surface area contributed by atoms with E-state index in [2.05, 4.69) is 18.7 Å². The summed E-state index contributed by atoms with van der Waals surface area (Å²) in [4.78, 5) is 16.6. The second-order valence-electron chi connectivity index (χ2n) is 5.23. The predicted molar refractivity (Wildman–Crippen MR) is 85.1 cm³/mol. The maximum Gasteiger partial charge on any atom is 0.253 e. The van der Waals surface area contributed by atoms with Crippen LogP contribution in [0.3, 0.4) is 0 Å². The zero-order valence-electron chi connectivity index (χ0n) is 13.7. The molecule has 0 radical (unpaired) electrons. The van der Waals surface area contributed by atoms with Crippen LogP contribution in [0.15, 0.2) is 18.2 Å². The summed E-state index contributed by atoms with van der Waals surface area (Å²) in [5.74, 6) is -0.281. The van der Waals surface area contributed by atoms with Crippen molar-refractivity contribution in [3.05, 3.63) is 35.1 Å². The lowest BCUT2D eigenvalue weighted by atomic mass is 10.1. The van der Waals surface area contributed by atoms with E-state index >= 15 is 0 Å². The fourth-order valence-electron chi connectivity index (χ4n) is 2.39. The van der Waals surface area contributed by atoms with Gasteiger partial charge in [0, 0.05) is 18.7 Å². The molecule has 1 aromatic carbocycles. The van der Waals surface area contributed by atoms with E-state index in [9.17, 15) is 9.18 Å². The number of hydrogen-bond acceptors (Lipinski definition) is 2. The predicted octanol–water partition coefficient (Wildman–Crippen LogP) is 3.33. The normalized spacial score (nSPS) is 11.0. The van der Waals surface area contributed by atoms with Crippen LogP contribution < -0.4 is 0 Å². The highest BCUT2D eigenvalue weighted by atomic mass is 19.1. The van der Waals surface area contributed by atoms with E-state index < -0.39 is 0 Å². The highest BCUT2D eigenvalue weighted by Crippen LogP contribution is 2.12. The van der Waals surface area contributed by atoms with Gasteiger partial charge in [0.25, 0.3) is 5.91 Å². The molecule has 3 nitrogen and oxygen atoms in total. The smallest absolute Gasteiger partial charge is 0.253 e. The first-order chi connectivity index (χ1) is 10.0. The van der Waals surface area contributed by atoms with Crippen molar-refractivity contribution in [3.8, 4) is 0 Å². The Kier molecular flexibility index (Phi) is 7.37. The molecule has 0 unspecified atom stereocenters. The van der Waals surface area contributed by atoms with Crippen LogP contribution in [0, 0.1) is 12.7 Å². The summed E-state index contributed by atoms with van der Waals surface area (Å²) in [6.07, 6.45) is 0.960. The highest BCUT2D eigenvalue weighted by Gasteiger charge is 2.15. The van der Waals surface area contributed by atoms with Crippen LogP contribution >= 0.6 is 0 Å². The van der Waals surface area contributed by atoms with Gasteiger partial charge in [-0.1, -0.05) is 13.8 Å². The van der Waals surface area contributed by atoms with E-state index in [4.69, 9.17) is 0 Å². The van der Waals surface area contributed by atoms with Crippen molar-refractivity contribution in [3.63, 3.8) is 0 Å². The van der Waals surface area contributed by atoms with Gasteiger partial charge in [-0.3, -0.25) is 4.79 Å². The summed E-state index contributed by atoms with van der Waals surface area (Å²) >= 11 is 0. The molecule has 0 atom stereocenters. The van der Waals surface area contributed by atoms with Crippen molar-refractivity contribution >= 4 is 5.91 Å². The first kappa shape index (κ1) is 17.6. The number of hydrogen-bond donors (Lipinski definition) is 0. The third kappa shape index (κ3) is 5.12. The molecule has 1 amide bonds. The van der Waals surface area contributed by atoms with E-state index in [-0.39, 0.29) is 11.7 Å². The molecule has 4 heteroatoms. The number of halogens is 1. The van der Waals surface area contributed by atoms with Crippen molar-refractivity contribution in [2.75, 3.05) is 32.7 Å². The first-order valence-electron chi connectivity index (χ1n) is 7.81. The summed E-state index contributed by atoms with van der Waals surface area (Å²) < 4.78 is 13.3. The van der Waals surface area contributed by atoms with Gasteiger partial charge in [0.15, 0.2) is 0 Å². The van der Waals surface area contributed by atoms with Gasteiger partial charge in [-0.15, -0.1) is 0 Å². The Morgan fingerprint density at radius 3 is 2.29 bits per heavy atom. The van der Waals surface area contributed by atoms with Gasteiger partial charge in [-0.25, -0.2) is 4.39 Å². The van der Waals surface area contributed by atoms with E-state index in [1.54, 1.807) is 19.1 Å². The quantitative estimate of drug-likeness (QED) is 0.734. The Bertz CT molecular complexity index is 458. The minimum Gasteiger partial charge on any atom is -0.339 e. The molecule has 1 aromatic rings. The van der Waals surface area contributed by atoms with Crippen LogP contribution in [0.5, 0.6) is 0 Å². The molecular weight excluding hydrogens is 267 g/mol. The number of rotatable bonds is 8. The van der Waals surface area contributed by atoms with Crippen LogP contribution in [-0.4, -0.2) is 48.4 Å². The van der Waals surface area contributed by atoms with Crippen LogP contribution in [-0.2, 0) is 0 Å². The fraction of sp³-hybridized carbons (Fsp3) is 0.588. The Morgan fingerprint density at radius 1 is 1.10 bits per heavy atom. The molecule has 0 spiro atoms. The summed E-state index contributed by atoms with van der Waals surface area (Å²) in [5.41, 5.74) is 1.08. The molecule has 0 aliphatic heterocycles. The lowest BCUT2D eigenvalue weighted by Crippen LogP contribution is -2.34. The van der Waals surface area contributed by atoms with Crippen molar-refractivity contribution in [1.82, 2.24) is 9.80 Å². The second-order valence-corrected chi connectivity index (χ2v) is 5.23. The summed E-state index contributed by atoms with van der Waals surface area (Å²) in [7, 11) is 0. The topological polar surface area (TPSA) is 23.6 Å². The molecule has 0 saturated carbocycles. The Balaban J connectivity index is 2.62. The van der Waals surface area contributed by atoms with Crippen molar-refractivity contribution < 1.29 is 9.18 Å². The maximum absolute atomic E-state index is 13.3. The SMILES string of the molecule is CCN(CC)CCCN(CC)C(=O)c1ccc(F)c(C)c1. The molecule has 0 saturated heterocycles. The zero-order chi connectivity index (χ0) is 15.8. The Labute approximate surface area is 127 Å². The molecule has 0 N–H and O–H groups in total. The molecule has 118 valence electrons. The molecular formula is C17H27FN2O. The lowest BCUT2D eigenvalue weighted by Gasteiger charge is -2.24. The van der Waals surface area contributed by atoms with Gasteiger partial charge in [-0.05, 0) is 63.7 Å². The highest BCUT2D eigenvalue weighted by molar-refractivity contribution is 5.94. The molecule has 0 fully saturated rings. The van der Waals surface area contributed by atoms with Crippen molar-refractivity contribution in [1.29, 1.82) is 0 Å². The Morgan fingerprint density at radius 2 is 1.76 bits per heavy atom. The summed E-state index contributed by atoms with van der Waals surface area (Å²) in [6.45, 7) is 12.4. The van der Waals surface area contributed by atoms with Gasteiger partial charge in [-0.2, -0.15) is 0 Å². The molecule has 0 aromatic heterocycles. The van der Waals surface area contributed by atoms with Gasteiger partial charge in [0.2, 0.25) is 0 Å². The van der Waals surface area contributed by atoms with Gasteiger partial charge >= 0.3 is 0 Å². The molecule has 21 heavy (non-hydrogen) atoms. The monoisotopic (exact) mass is 294 g/mol. The first-order valence-corrected chi connectivity index (χ1v) is 7.81. The fourth-order valence-corrected chi connectivity index (χ4v) is 2.39. The number of amides is 1. The van der Waals surface area contributed by atoms with E-state index in [0.29, 0.717) is 17.7 Å². The Hall–Kier alpha value is -1.42. The number of nitrogens with zero attached hydrogens (tertiary/aromatic N) is 2.